The van der Waals surface area contributed by atoms with E-state index in [1.165, 1.54) is 18.3 Å². The fraction of sp³-hybridized carbons (Fsp3) is 0.167. The molecular formula is C12H12ClN3OS. The number of aromatic nitrogens is 1. The average molecular weight is 282 g/mol. The summed E-state index contributed by atoms with van der Waals surface area (Å²) in [6.45, 7) is 2.12. The molecule has 18 heavy (non-hydrogen) atoms. The predicted molar refractivity (Wildman–Crippen MR) is 75.2 cm³/mol. The number of nitrogens with one attached hydrogen (secondary N) is 2. The molecule has 0 radical (unpaired) electrons. The number of hydrogen-bond acceptors (Lipinski definition) is 4. The van der Waals surface area contributed by atoms with Crippen LogP contribution in [0.3, 0.4) is 0 Å². The number of amides is 1. The maximum absolute atomic E-state index is 10.9. The molecule has 0 atom stereocenters. The van der Waals surface area contributed by atoms with Crippen molar-refractivity contribution in [3.8, 4) is 0 Å². The van der Waals surface area contributed by atoms with Gasteiger partial charge in [-0.25, -0.2) is 4.98 Å². The van der Waals surface area contributed by atoms with Gasteiger partial charge in [0.05, 0.1) is 12.7 Å². The summed E-state index contributed by atoms with van der Waals surface area (Å²) >= 11 is 7.25. The number of carbonyl (C=O) groups excluding carboxylic acids is 1. The quantitative estimate of drug-likeness (QED) is 0.903. The third kappa shape index (κ3) is 3.72. The van der Waals surface area contributed by atoms with E-state index in [4.69, 9.17) is 11.6 Å². The molecule has 0 spiro atoms. The topological polar surface area (TPSA) is 54.0 Å². The van der Waals surface area contributed by atoms with Crippen molar-refractivity contribution in [3.05, 3.63) is 39.8 Å². The number of anilines is 2. The molecule has 0 fully saturated rings. The summed E-state index contributed by atoms with van der Waals surface area (Å²) < 4.78 is 0.688. The largest absolute Gasteiger partial charge is 0.379 e. The van der Waals surface area contributed by atoms with Crippen LogP contribution in [0.25, 0.3) is 0 Å². The van der Waals surface area contributed by atoms with Crippen LogP contribution in [-0.2, 0) is 11.3 Å². The molecule has 4 nitrogen and oxygen atoms in total. The lowest BCUT2D eigenvalue weighted by Crippen LogP contribution is -2.05. The van der Waals surface area contributed by atoms with Gasteiger partial charge in [0.2, 0.25) is 5.91 Å². The van der Waals surface area contributed by atoms with Crippen LogP contribution in [-0.4, -0.2) is 10.9 Å². The van der Waals surface area contributed by atoms with E-state index in [-0.39, 0.29) is 5.91 Å². The molecule has 1 aromatic carbocycles. The first kappa shape index (κ1) is 12.9. The van der Waals surface area contributed by atoms with Crippen molar-refractivity contribution in [3.63, 3.8) is 0 Å². The Morgan fingerprint density at radius 3 is 2.56 bits per heavy atom. The van der Waals surface area contributed by atoms with Gasteiger partial charge in [-0.15, -0.1) is 11.3 Å². The lowest BCUT2D eigenvalue weighted by Gasteiger charge is -2.06. The fourth-order valence-corrected chi connectivity index (χ4v) is 2.32. The highest BCUT2D eigenvalue weighted by atomic mass is 35.5. The van der Waals surface area contributed by atoms with E-state index in [0.717, 1.165) is 16.4 Å². The van der Waals surface area contributed by atoms with Gasteiger partial charge in [0.15, 0.2) is 0 Å². The molecule has 0 aliphatic carbocycles. The molecule has 2 rings (SSSR count). The van der Waals surface area contributed by atoms with E-state index < -0.39 is 0 Å². The number of carbonyl (C=O) groups is 1. The summed E-state index contributed by atoms with van der Waals surface area (Å²) in [5.41, 5.74) is 1.75. The van der Waals surface area contributed by atoms with Crippen LogP contribution in [0.1, 0.15) is 11.9 Å². The number of hydrogen-bond donors (Lipinski definition) is 2. The standard InChI is InChI=1S/C12H12ClN3OS/c1-8(17)16-10-4-2-9(3-5-10)14-7-12-15-6-11(13)18-12/h2-6,14H,7H2,1H3,(H,16,17). The molecule has 1 heterocycles. The van der Waals surface area contributed by atoms with Crippen molar-refractivity contribution in [2.75, 3.05) is 10.6 Å². The highest BCUT2D eigenvalue weighted by molar-refractivity contribution is 7.15. The van der Waals surface area contributed by atoms with Crippen LogP contribution >= 0.6 is 22.9 Å². The summed E-state index contributed by atoms with van der Waals surface area (Å²) in [4.78, 5) is 15.0. The predicted octanol–water partition coefficient (Wildman–Crippen LogP) is 3.37. The smallest absolute Gasteiger partial charge is 0.221 e. The van der Waals surface area contributed by atoms with Crippen molar-refractivity contribution < 1.29 is 4.79 Å². The van der Waals surface area contributed by atoms with Gasteiger partial charge < -0.3 is 10.6 Å². The Hall–Kier alpha value is -1.59. The number of nitrogens with zero attached hydrogens (tertiary/aromatic N) is 1. The van der Waals surface area contributed by atoms with Gasteiger partial charge in [-0.3, -0.25) is 4.79 Å². The molecule has 1 amide bonds. The maximum atomic E-state index is 10.9. The zero-order valence-corrected chi connectivity index (χ0v) is 11.3. The highest BCUT2D eigenvalue weighted by Crippen LogP contribution is 2.20. The Morgan fingerprint density at radius 1 is 1.33 bits per heavy atom. The molecule has 94 valence electrons. The molecular weight excluding hydrogens is 270 g/mol. The minimum absolute atomic E-state index is 0.0758. The Balaban J connectivity index is 1.92. The van der Waals surface area contributed by atoms with Gasteiger partial charge in [-0.1, -0.05) is 11.6 Å². The van der Waals surface area contributed by atoms with Gasteiger partial charge in [-0.05, 0) is 24.3 Å². The second-order valence-electron chi connectivity index (χ2n) is 3.67. The molecule has 0 unspecified atom stereocenters. The van der Waals surface area contributed by atoms with E-state index >= 15 is 0 Å². The van der Waals surface area contributed by atoms with Crippen LogP contribution in [0.2, 0.25) is 4.34 Å². The molecule has 0 saturated heterocycles. The number of benzene rings is 1. The molecule has 0 aliphatic rings. The lowest BCUT2D eigenvalue weighted by molar-refractivity contribution is -0.114. The Bertz CT molecular complexity index is 539. The van der Waals surface area contributed by atoms with Gasteiger partial charge in [0.1, 0.15) is 9.34 Å². The molecule has 2 N–H and O–H groups in total. The van der Waals surface area contributed by atoms with Gasteiger partial charge in [-0.2, -0.15) is 0 Å². The lowest BCUT2D eigenvalue weighted by atomic mass is 10.3. The second kappa shape index (κ2) is 5.84. The van der Waals surface area contributed by atoms with E-state index in [1.54, 1.807) is 6.20 Å². The van der Waals surface area contributed by atoms with Crippen LogP contribution in [0.4, 0.5) is 11.4 Å². The van der Waals surface area contributed by atoms with Crippen molar-refractivity contribution in [2.24, 2.45) is 0 Å². The van der Waals surface area contributed by atoms with Crippen molar-refractivity contribution in [1.82, 2.24) is 4.98 Å². The monoisotopic (exact) mass is 281 g/mol. The fourth-order valence-electron chi connectivity index (χ4n) is 1.42. The summed E-state index contributed by atoms with van der Waals surface area (Å²) in [6.07, 6.45) is 1.64. The number of thiazole rings is 1. The molecule has 2 aromatic rings. The third-order valence-corrected chi connectivity index (χ3v) is 3.29. The summed E-state index contributed by atoms with van der Waals surface area (Å²) in [5.74, 6) is -0.0758. The van der Waals surface area contributed by atoms with Crippen molar-refractivity contribution in [2.45, 2.75) is 13.5 Å². The molecule has 6 heteroatoms. The molecule has 0 saturated carbocycles. The minimum Gasteiger partial charge on any atom is -0.379 e. The van der Waals surface area contributed by atoms with Crippen LogP contribution in [0, 0.1) is 0 Å². The van der Waals surface area contributed by atoms with E-state index in [0.29, 0.717) is 10.9 Å². The van der Waals surface area contributed by atoms with E-state index in [9.17, 15) is 4.79 Å². The maximum Gasteiger partial charge on any atom is 0.221 e. The Kier molecular flexibility index (Phi) is 4.17. The van der Waals surface area contributed by atoms with Crippen molar-refractivity contribution in [1.29, 1.82) is 0 Å². The number of halogens is 1. The average Bonchev–Trinajstić information content (AvgIpc) is 2.74. The summed E-state index contributed by atoms with van der Waals surface area (Å²) in [5, 5.41) is 6.88. The number of rotatable bonds is 4. The van der Waals surface area contributed by atoms with Gasteiger partial charge >= 0.3 is 0 Å². The molecule has 0 bridgehead atoms. The summed E-state index contributed by atoms with van der Waals surface area (Å²) in [6, 6.07) is 7.50. The third-order valence-electron chi connectivity index (χ3n) is 2.17. The second-order valence-corrected chi connectivity index (χ2v) is 5.42. The van der Waals surface area contributed by atoms with Gasteiger partial charge in [0, 0.05) is 18.3 Å². The Morgan fingerprint density at radius 2 is 2.00 bits per heavy atom. The van der Waals surface area contributed by atoms with Crippen molar-refractivity contribution >= 4 is 40.2 Å². The first-order valence-electron chi connectivity index (χ1n) is 5.35. The van der Waals surface area contributed by atoms with Gasteiger partial charge in [0.25, 0.3) is 0 Å². The summed E-state index contributed by atoms with van der Waals surface area (Å²) in [7, 11) is 0. The SMILES string of the molecule is CC(=O)Nc1ccc(NCc2ncc(Cl)s2)cc1. The van der Waals surface area contributed by atoms with E-state index in [2.05, 4.69) is 15.6 Å². The highest BCUT2D eigenvalue weighted by Gasteiger charge is 2.00. The van der Waals surface area contributed by atoms with Crippen LogP contribution in [0.5, 0.6) is 0 Å². The minimum atomic E-state index is -0.0758. The zero-order chi connectivity index (χ0) is 13.0. The first-order valence-corrected chi connectivity index (χ1v) is 6.54. The molecule has 1 aromatic heterocycles. The first-order chi connectivity index (χ1) is 8.63. The van der Waals surface area contributed by atoms with Crippen LogP contribution < -0.4 is 10.6 Å². The molecule has 0 aliphatic heterocycles. The van der Waals surface area contributed by atoms with Crippen LogP contribution in [0.15, 0.2) is 30.5 Å². The zero-order valence-electron chi connectivity index (χ0n) is 9.74. The van der Waals surface area contributed by atoms with E-state index in [1.807, 2.05) is 24.3 Å². The normalized spacial score (nSPS) is 10.1. The Labute approximate surface area is 114 Å².